The second-order valence-electron chi connectivity index (χ2n) is 10.4. The molecule has 1 fully saturated rings. The number of carbonyl (C=O) groups is 2. The molecule has 1 aliphatic heterocycles. The van der Waals surface area contributed by atoms with Crippen molar-refractivity contribution in [3.63, 3.8) is 0 Å². The molecule has 230 valence electrons. The minimum absolute atomic E-state index is 0.0307. The van der Waals surface area contributed by atoms with E-state index in [-0.39, 0.29) is 43.5 Å². The topological polar surface area (TPSA) is 167 Å². The first-order valence-electron chi connectivity index (χ1n) is 14.3. The Hall–Kier alpha value is -4.30. The molecule has 2 amide bonds. The number of thioether (sulfide) groups is 1. The largest absolute Gasteiger partial charge is 0.397 e. The van der Waals surface area contributed by atoms with E-state index in [2.05, 4.69) is 26.2 Å². The van der Waals surface area contributed by atoms with Gasteiger partial charge in [0.05, 0.1) is 30.2 Å². The number of aliphatic hydroxyl groups is 1. The summed E-state index contributed by atoms with van der Waals surface area (Å²) in [7, 11) is 1.79. The molecule has 1 aromatic heterocycles. The molecule has 1 saturated heterocycles. The number of nitrogen functional groups attached to an aromatic ring is 1. The van der Waals surface area contributed by atoms with Crippen LogP contribution in [0.3, 0.4) is 0 Å². The second kappa shape index (κ2) is 14.9. The monoisotopic (exact) mass is 617 g/mol. The Morgan fingerprint density at radius 2 is 1.77 bits per heavy atom. The highest BCUT2D eigenvalue weighted by molar-refractivity contribution is 7.99. The maximum Gasteiger partial charge on any atom is 0.224 e. The highest BCUT2D eigenvalue weighted by Gasteiger charge is 2.32. The van der Waals surface area contributed by atoms with Crippen LogP contribution < -0.4 is 16.4 Å². The van der Waals surface area contributed by atoms with E-state index in [1.807, 2.05) is 42.5 Å². The van der Waals surface area contributed by atoms with Crippen LogP contribution in [0.2, 0.25) is 0 Å². The quantitative estimate of drug-likeness (QED) is 0.132. The average molecular weight is 618 g/mol. The van der Waals surface area contributed by atoms with Crippen molar-refractivity contribution in [2.24, 2.45) is 7.05 Å². The third kappa shape index (κ3) is 8.41. The predicted octanol–water partition coefficient (Wildman–Crippen LogP) is 4.37. The van der Waals surface area contributed by atoms with Crippen molar-refractivity contribution in [1.82, 2.24) is 20.2 Å². The van der Waals surface area contributed by atoms with Gasteiger partial charge < -0.3 is 30.9 Å². The van der Waals surface area contributed by atoms with Crippen molar-refractivity contribution < 1.29 is 24.2 Å². The van der Waals surface area contributed by atoms with Crippen LogP contribution in [0.1, 0.15) is 54.8 Å². The molecular weight excluding hydrogens is 582 g/mol. The Labute approximate surface area is 259 Å². The number of nitrogens with two attached hydrogens (primary N) is 1. The lowest BCUT2D eigenvalue weighted by atomic mass is 10.0. The van der Waals surface area contributed by atoms with E-state index in [9.17, 15) is 14.7 Å². The lowest BCUT2D eigenvalue weighted by Crippen LogP contribution is -2.31. The number of tetrazole rings is 1. The molecule has 0 saturated carbocycles. The zero-order valence-electron chi connectivity index (χ0n) is 24.3. The van der Waals surface area contributed by atoms with Crippen LogP contribution in [0.5, 0.6) is 0 Å². The minimum Gasteiger partial charge on any atom is -0.397 e. The fourth-order valence-electron chi connectivity index (χ4n) is 4.75. The molecule has 1 aliphatic rings. The molecule has 4 aromatic rings. The summed E-state index contributed by atoms with van der Waals surface area (Å²) < 4.78 is 14.4. The Kier molecular flexibility index (Phi) is 10.6. The van der Waals surface area contributed by atoms with E-state index >= 15 is 0 Å². The Morgan fingerprint density at radius 1 is 1.00 bits per heavy atom. The highest BCUT2D eigenvalue weighted by Crippen LogP contribution is 2.39. The van der Waals surface area contributed by atoms with E-state index in [1.165, 1.54) is 11.8 Å². The number of hydrogen-bond donors (Lipinski definition) is 4. The number of rotatable bonds is 12. The third-order valence-electron chi connectivity index (χ3n) is 7.08. The second-order valence-corrected chi connectivity index (χ2v) is 11.4. The summed E-state index contributed by atoms with van der Waals surface area (Å²) in [5.41, 5.74) is 10.1. The predicted molar refractivity (Wildman–Crippen MR) is 166 cm³/mol. The van der Waals surface area contributed by atoms with Gasteiger partial charge in [-0.1, -0.05) is 60.3 Å². The normalized spacial score (nSPS) is 18.1. The SMILES string of the molecule is Cn1nnnc1SC[C@@H]1C[C@H](c2ccc(CO)cc2)O[C@H](c2cccc(NC(=O)CCCC(=O)Nc3ccccc3N)c2)O1. The van der Waals surface area contributed by atoms with Crippen LogP contribution in [0.15, 0.2) is 78.0 Å². The van der Waals surface area contributed by atoms with Crippen LogP contribution >= 0.6 is 11.8 Å². The first kappa shape index (κ1) is 31.1. The van der Waals surface area contributed by atoms with E-state index in [0.29, 0.717) is 40.8 Å². The molecule has 0 radical (unpaired) electrons. The van der Waals surface area contributed by atoms with Gasteiger partial charge in [0, 0.05) is 43.3 Å². The van der Waals surface area contributed by atoms with Crippen molar-refractivity contribution in [2.75, 3.05) is 22.1 Å². The van der Waals surface area contributed by atoms with Gasteiger partial charge in [-0.25, -0.2) is 4.68 Å². The van der Waals surface area contributed by atoms with Gasteiger partial charge in [0.15, 0.2) is 6.29 Å². The van der Waals surface area contributed by atoms with Crippen molar-refractivity contribution in [2.45, 2.75) is 55.9 Å². The summed E-state index contributed by atoms with van der Waals surface area (Å²) in [6.07, 6.45) is 0.273. The number of aryl methyl sites for hydroxylation is 1. The number of carbonyl (C=O) groups excluding carboxylic acids is 2. The van der Waals surface area contributed by atoms with Crippen LogP contribution in [0, 0.1) is 0 Å². The van der Waals surface area contributed by atoms with E-state index < -0.39 is 6.29 Å². The van der Waals surface area contributed by atoms with Crippen LogP contribution in [0.4, 0.5) is 17.1 Å². The third-order valence-corrected chi connectivity index (χ3v) is 8.22. The number of ether oxygens (including phenoxy) is 2. The number of benzene rings is 3. The van der Waals surface area contributed by atoms with Gasteiger partial charge in [-0.15, -0.1) is 5.10 Å². The number of hydrogen-bond acceptors (Lipinski definition) is 10. The lowest BCUT2D eigenvalue weighted by Gasteiger charge is -2.36. The van der Waals surface area contributed by atoms with Crippen LogP contribution in [-0.2, 0) is 32.7 Å². The smallest absolute Gasteiger partial charge is 0.224 e. The van der Waals surface area contributed by atoms with Gasteiger partial charge in [-0.2, -0.15) is 0 Å². The molecule has 3 atom stereocenters. The Bertz CT molecular complexity index is 1570. The molecule has 12 nitrogen and oxygen atoms in total. The number of para-hydroxylation sites is 2. The van der Waals surface area contributed by atoms with Crippen molar-refractivity contribution >= 4 is 40.6 Å². The van der Waals surface area contributed by atoms with Crippen LogP contribution in [0.25, 0.3) is 0 Å². The summed E-state index contributed by atoms with van der Waals surface area (Å²) in [6.45, 7) is -0.0307. The number of nitrogens with zero attached hydrogens (tertiary/aromatic N) is 4. The lowest BCUT2D eigenvalue weighted by molar-refractivity contribution is -0.245. The molecule has 5 rings (SSSR count). The van der Waals surface area contributed by atoms with Crippen molar-refractivity contribution in [1.29, 1.82) is 0 Å². The fourth-order valence-corrected chi connectivity index (χ4v) is 5.62. The number of anilines is 3. The molecule has 0 bridgehead atoms. The Morgan fingerprint density at radius 3 is 2.50 bits per heavy atom. The molecule has 0 spiro atoms. The standard InChI is InChI=1S/C31H35N7O5S/c1-38-31(35-36-37-38)44-19-24-17-27(21-14-12-20(18-39)13-15-21)43-30(42-24)22-6-4-7-23(16-22)33-28(40)10-5-11-29(41)34-26-9-3-2-8-25(26)32/h2-4,6-9,12-16,24,27,30,39H,5,10-11,17-19,32H2,1H3,(H,33,40)(H,34,41)/t24-,27+,30+/m0/s1. The zero-order chi connectivity index (χ0) is 30.9. The molecule has 5 N–H and O–H groups in total. The highest BCUT2D eigenvalue weighted by atomic mass is 32.2. The molecular formula is C31H35N7O5S. The van der Waals surface area contributed by atoms with Gasteiger partial charge in [0.25, 0.3) is 0 Å². The molecule has 0 unspecified atom stereocenters. The van der Waals surface area contributed by atoms with Gasteiger partial charge in [-0.3, -0.25) is 9.59 Å². The molecule has 3 aromatic carbocycles. The van der Waals surface area contributed by atoms with E-state index in [0.717, 1.165) is 16.7 Å². The summed E-state index contributed by atoms with van der Waals surface area (Å²) in [5.74, 6) is 0.209. The van der Waals surface area contributed by atoms with Gasteiger partial charge in [-0.05, 0) is 52.2 Å². The molecule has 44 heavy (non-hydrogen) atoms. The van der Waals surface area contributed by atoms with Crippen LogP contribution in [-0.4, -0.2) is 49.0 Å². The van der Waals surface area contributed by atoms with Crippen molar-refractivity contribution in [3.05, 3.63) is 89.5 Å². The maximum absolute atomic E-state index is 12.7. The number of amides is 2. The summed E-state index contributed by atoms with van der Waals surface area (Å²) in [6, 6.07) is 22.1. The average Bonchev–Trinajstić information content (AvgIpc) is 3.45. The molecule has 0 aliphatic carbocycles. The minimum atomic E-state index is -0.680. The van der Waals surface area contributed by atoms with E-state index in [1.54, 1.807) is 42.1 Å². The first-order chi connectivity index (χ1) is 21.4. The molecule has 2 heterocycles. The summed E-state index contributed by atoms with van der Waals surface area (Å²) >= 11 is 1.50. The van der Waals surface area contributed by atoms with E-state index in [4.69, 9.17) is 15.2 Å². The summed E-state index contributed by atoms with van der Waals surface area (Å²) in [5, 5.41) is 27.5. The zero-order valence-corrected chi connectivity index (χ0v) is 25.1. The maximum atomic E-state index is 12.7. The fraction of sp³-hybridized carbons (Fsp3) is 0.323. The van der Waals surface area contributed by atoms with Gasteiger partial charge >= 0.3 is 0 Å². The number of aromatic nitrogens is 4. The number of nitrogens with one attached hydrogen (secondary N) is 2. The first-order valence-corrected chi connectivity index (χ1v) is 15.3. The Balaban J connectivity index is 1.20. The summed E-state index contributed by atoms with van der Waals surface area (Å²) in [4.78, 5) is 25.0. The molecule has 13 heteroatoms. The van der Waals surface area contributed by atoms with Gasteiger partial charge in [0.2, 0.25) is 17.0 Å². The van der Waals surface area contributed by atoms with Gasteiger partial charge in [0.1, 0.15) is 0 Å². The van der Waals surface area contributed by atoms with Crippen molar-refractivity contribution in [3.8, 4) is 0 Å². The number of aliphatic hydroxyl groups excluding tert-OH is 1.